The standard InChI is InChI=1S/C24H36O3/c1-15(25)27-17-9-12-23(2)16(14-17)5-6-18-19(23)10-13-24-11-3-4-22(26)21(24)8-7-20(18)24/h16-21H,3-14H2,1-2H3/t16-,17+,18+,19-,20-,21+,23-,24+/m0/s1. The van der Waals surface area contributed by atoms with Gasteiger partial charge in [0.25, 0.3) is 0 Å². The van der Waals surface area contributed by atoms with Crippen molar-refractivity contribution < 1.29 is 14.3 Å². The summed E-state index contributed by atoms with van der Waals surface area (Å²) >= 11 is 0. The van der Waals surface area contributed by atoms with E-state index in [4.69, 9.17) is 4.74 Å². The van der Waals surface area contributed by atoms with E-state index < -0.39 is 0 Å². The number of ketones is 1. The second kappa shape index (κ2) is 6.32. The quantitative estimate of drug-likeness (QED) is 0.586. The molecule has 0 N–H and O–H groups in total. The van der Waals surface area contributed by atoms with Gasteiger partial charge >= 0.3 is 5.97 Å². The molecule has 0 amide bonds. The van der Waals surface area contributed by atoms with Crippen LogP contribution in [0.2, 0.25) is 0 Å². The average Bonchev–Trinajstić information content (AvgIpc) is 3.03. The number of ether oxygens (including phenoxy) is 1. The summed E-state index contributed by atoms with van der Waals surface area (Å²) in [4.78, 5) is 24.1. The highest BCUT2D eigenvalue weighted by Crippen LogP contribution is 2.69. The van der Waals surface area contributed by atoms with E-state index in [-0.39, 0.29) is 12.1 Å². The molecule has 150 valence electrons. The van der Waals surface area contributed by atoms with Gasteiger partial charge in [-0.1, -0.05) is 6.92 Å². The first-order valence-corrected chi connectivity index (χ1v) is 11.6. The summed E-state index contributed by atoms with van der Waals surface area (Å²) in [7, 11) is 0. The number of hydrogen-bond donors (Lipinski definition) is 0. The highest BCUT2D eigenvalue weighted by atomic mass is 16.5. The molecule has 0 saturated heterocycles. The van der Waals surface area contributed by atoms with Crippen LogP contribution in [0.4, 0.5) is 0 Å². The predicted molar refractivity (Wildman–Crippen MR) is 104 cm³/mol. The summed E-state index contributed by atoms with van der Waals surface area (Å²) in [6, 6.07) is 0. The first-order chi connectivity index (χ1) is 12.9. The van der Waals surface area contributed by atoms with Gasteiger partial charge in [0.1, 0.15) is 11.9 Å². The largest absolute Gasteiger partial charge is 0.463 e. The first-order valence-electron chi connectivity index (χ1n) is 11.6. The number of esters is 1. The number of carbonyl (C=O) groups is 2. The van der Waals surface area contributed by atoms with E-state index in [1.165, 1.54) is 51.4 Å². The maximum atomic E-state index is 12.7. The Hall–Kier alpha value is -0.860. The fraction of sp³-hybridized carbons (Fsp3) is 0.917. The molecular formula is C24H36O3. The monoisotopic (exact) mass is 372 g/mol. The van der Waals surface area contributed by atoms with E-state index in [2.05, 4.69) is 6.92 Å². The van der Waals surface area contributed by atoms with Crippen LogP contribution in [0.3, 0.4) is 0 Å². The predicted octanol–water partition coefficient (Wildman–Crippen LogP) is 5.31. The Labute approximate surface area is 164 Å². The number of Topliss-reactive ketones (excluding diaryl/α,β-unsaturated/α-hetero) is 1. The van der Waals surface area contributed by atoms with Crippen LogP contribution in [-0.2, 0) is 14.3 Å². The molecule has 3 heteroatoms. The van der Waals surface area contributed by atoms with Gasteiger partial charge in [-0.15, -0.1) is 0 Å². The van der Waals surface area contributed by atoms with Gasteiger partial charge in [-0.25, -0.2) is 0 Å². The van der Waals surface area contributed by atoms with Crippen LogP contribution in [0, 0.1) is 40.4 Å². The minimum absolute atomic E-state index is 0.115. The lowest BCUT2D eigenvalue weighted by Crippen LogP contribution is -2.55. The lowest BCUT2D eigenvalue weighted by molar-refractivity contribution is -0.163. The Balaban J connectivity index is 1.38. The third kappa shape index (κ3) is 2.59. The van der Waals surface area contributed by atoms with Crippen molar-refractivity contribution in [3.05, 3.63) is 0 Å². The van der Waals surface area contributed by atoms with E-state index in [0.29, 0.717) is 22.5 Å². The fourth-order valence-corrected chi connectivity index (χ4v) is 9.10. The van der Waals surface area contributed by atoms with Gasteiger partial charge in [0.2, 0.25) is 0 Å². The van der Waals surface area contributed by atoms with Gasteiger partial charge in [0, 0.05) is 19.3 Å². The zero-order valence-corrected chi connectivity index (χ0v) is 17.2. The SMILES string of the molecule is CC(=O)O[C@@H]1CC[C@@]2(C)[C@@H](CC[C@@H]3[C@@H]2CC[C@@]24CCCC(=O)[C@H]2CC[C@@H]34)C1. The molecule has 0 aromatic heterocycles. The third-order valence-corrected chi connectivity index (χ3v) is 10.1. The molecule has 5 fully saturated rings. The van der Waals surface area contributed by atoms with E-state index in [0.717, 1.165) is 49.4 Å². The number of hydrogen-bond acceptors (Lipinski definition) is 3. The summed E-state index contributed by atoms with van der Waals surface area (Å²) in [5, 5.41) is 0. The van der Waals surface area contributed by atoms with Crippen molar-refractivity contribution in [2.24, 2.45) is 40.4 Å². The fourth-order valence-electron chi connectivity index (χ4n) is 9.10. The van der Waals surface area contributed by atoms with E-state index >= 15 is 0 Å². The van der Waals surface area contributed by atoms with Crippen LogP contribution in [0.25, 0.3) is 0 Å². The number of fused-ring (bicyclic) bond motifs is 4. The van der Waals surface area contributed by atoms with Crippen molar-refractivity contribution in [2.45, 2.75) is 97.0 Å². The Bertz CT molecular complexity index is 642. The average molecular weight is 373 g/mol. The van der Waals surface area contributed by atoms with Gasteiger partial charge in [0.05, 0.1) is 0 Å². The highest BCUT2D eigenvalue weighted by Gasteiger charge is 2.63. The van der Waals surface area contributed by atoms with Crippen LogP contribution in [0.5, 0.6) is 0 Å². The van der Waals surface area contributed by atoms with Gasteiger partial charge in [-0.05, 0) is 105 Å². The summed E-state index contributed by atoms with van der Waals surface area (Å²) in [6.07, 6.45) is 14.6. The summed E-state index contributed by atoms with van der Waals surface area (Å²) in [6.45, 7) is 4.11. The van der Waals surface area contributed by atoms with Crippen LogP contribution >= 0.6 is 0 Å². The van der Waals surface area contributed by atoms with Crippen molar-refractivity contribution >= 4 is 11.8 Å². The summed E-state index contributed by atoms with van der Waals surface area (Å²) in [5.74, 6) is 4.11. The molecule has 0 radical (unpaired) electrons. The molecule has 5 saturated carbocycles. The topological polar surface area (TPSA) is 43.4 Å². The second-order valence-corrected chi connectivity index (χ2v) is 10.9. The summed E-state index contributed by atoms with van der Waals surface area (Å²) < 4.78 is 5.60. The molecule has 1 spiro atoms. The minimum Gasteiger partial charge on any atom is -0.463 e. The van der Waals surface area contributed by atoms with Crippen LogP contribution in [0.15, 0.2) is 0 Å². The molecule has 5 rings (SSSR count). The van der Waals surface area contributed by atoms with Crippen molar-refractivity contribution in [1.82, 2.24) is 0 Å². The van der Waals surface area contributed by atoms with E-state index in [9.17, 15) is 9.59 Å². The number of rotatable bonds is 1. The lowest BCUT2D eigenvalue weighted by atomic mass is 9.43. The van der Waals surface area contributed by atoms with Crippen molar-refractivity contribution in [1.29, 1.82) is 0 Å². The third-order valence-electron chi connectivity index (χ3n) is 10.1. The normalized spacial score (nSPS) is 51.6. The molecular weight excluding hydrogens is 336 g/mol. The molecule has 0 bridgehead atoms. The van der Waals surface area contributed by atoms with Gasteiger partial charge in [-0.3, -0.25) is 9.59 Å². The molecule has 0 unspecified atom stereocenters. The van der Waals surface area contributed by atoms with Crippen molar-refractivity contribution in [2.75, 3.05) is 0 Å². The first kappa shape index (κ1) is 18.2. The lowest BCUT2D eigenvalue weighted by Gasteiger charge is -2.62. The van der Waals surface area contributed by atoms with Crippen LogP contribution < -0.4 is 0 Å². The molecule has 8 atom stereocenters. The minimum atomic E-state index is -0.115. The second-order valence-electron chi connectivity index (χ2n) is 10.9. The van der Waals surface area contributed by atoms with Gasteiger partial charge < -0.3 is 4.74 Å². The summed E-state index contributed by atoms with van der Waals surface area (Å²) in [5.41, 5.74) is 0.812. The Morgan fingerprint density at radius 2 is 1.85 bits per heavy atom. The molecule has 5 aliphatic rings. The maximum absolute atomic E-state index is 12.7. The zero-order valence-electron chi connectivity index (χ0n) is 17.2. The van der Waals surface area contributed by atoms with Crippen LogP contribution in [-0.4, -0.2) is 17.9 Å². The van der Waals surface area contributed by atoms with Crippen molar-refractivity contribution in [3.63, 3.8) is 0 Å². The van der Waals surface area contributed by atoms with Crippen LogP contribution in [0.1, 0.15) is 90.9 Å². The Morgan fingerprint density at radius 1 is 1.00 bits per heavy atom. The maximum Gasteiger partial charge on any atom is 0.302 e. The molecule has 0 aromatic rings. The molecule has 0 heterocycles. The van der Waals surface area contributed by atoms with Gasteiger partial charge in [-0.2, -0.15) is 0 Å². The van der Waals surface area contributed by atoms with Crippen molar-refractivity contribution in [3.8, 4) is 0 Å². The van der Waals surface area contributed by atoms with Gasteiger partial charge in [0.15, 0.2) is 0 Å². The molecule has 5 aliphatic carbocycles. The Kier molecular flexibility index (Phi) is 4.26. The molecule has 0 aliphatic heterocycles. The van der Waals surface area contributed by atoms with E-state index in [1.54, 1.807) is 6.92 Å². The zero-order chi connectivity index (χ0) is 18.8. The molecule has 0 aromatic carbocycles. The number of carbonyl (C=O) groups excluding carboxylic acids is 2. The smallest absolute Gasteiger partial charge is 0.302 e. The molecule has 27 heavy (non-hydrogen) atoms. The molecule has 3 nitrogen and oxygen atoms in total. The highest BCUT2D eigenvalue weighted by molar-refractivity contribution is 5.83. The Morgan fingerprint density at radius 3 is 2.67 bits per heavy atom. The van der Waals surface area contributed by atoms with E-state index in [1.807, 2.05) is 0 Å².